The van der Waals surface area contributed by atoms with Crippen molar-refractivity contribution in [1.29, 1.82) is 0 Å². The van der Waals surface area contributed by atoms with Crippen LogP contribution in [0, 0.1) is 0 Å². The molecule has 0 aromatic heterocycles. The summed E-state index contributed by atoms with van der Waals surface area (Å²) >= 11 is 1.72. The lowest BCUT2D eigenvalue weighted by Crippen LogP contribution is -2.33. The molecule has 0 amide bonds. The largest absolute Gasteiger partial charge is 0.573 e. The van der Waals surface area contributed by atoms with Crippen molar-refractivity contribution in [2.75, 3.05) is 18.1 Å². The van der Waals surface area contributed by atoms with Crippen molar-refractivity contribution >= 4 is 41.7 Å². The lowest BCUT2D eigenvalue weighted by atomic mass is 10.2. The maximum Gasteiger partial charge on any atom is 0.573 e. The highest BCUT2D eigenvalue weighted by Gasteiger charge is 2.30. The van der Waals surface area contributed by atoms with Gasteiger partial charge in [-0.2, -0.15) is 11.8 Å². The Balaban J connectivity index is 0.00000484. The molecule has 0 saturated carbocycles. The Hall–Kier alpha value is -1.10. The van der Waals surface area contributed by atoms with Gasteiger partial charge in [-0.25, -0.2) is 4.99 Å². The summed E-state index contributed by atoms with van der Waals surface area (Å²) in [7, 11) is 0. The SMILES string of the molecule is C=CCSCCNC(N)=NCc1ccc(OC(F)(F)F)cc1.I. The molecule has 0 saturated heterocycles. The number of hydrogen-bond donors (Lipinski definition) is 2. The third-order valence-corrected chi connectivity index (χ3v) is 3.34. The molecule has 23 heavy (non-hydrogen) atoms. The van der Waals surface area contributed by atoms with Gasteiger partial charge in [0.05, 0.1) is 6.54 Å². The van der Waals surface area contributed by atoms with Gasteiger partial charge in [0.1, 0.15) is 5.75 Å². The van der Waals surface area contributed by atoms with E-state index in [1.807, 2.05) is 6.08 Å². The fourth-order valence-electron chi connectivity index (χ4n) is 1.45. The lowest BCUT2D eigenvalue weighted by molar-refractivity contribution is -0.274. The van der Waals surface area contributed by atoms with Gasteiger partial charge in [0.2, 0.25) is 0 Å². The fourth-order valence-corrected chi connectivity index (χ4v) is 2.03. The molecular weight excluding hydrogens is 442 g/mol. The van der Waals surface area contributed by atoms with Crippen molar-refractivity contribution in [3.8, 4) is 5.75 Å². The number of benzene rings is 1. The van der Waals surface area contributed by atoms with Crippen molar-refractivity contribution in [1.82, 2.24) is 5.32 Å². The molecule has 0 aliphatic carbocycles. The summed E-state index contributed by atoms with van der Waals surface area (Å²) < 4.78 is 39.8. The van der Waals surface area contributed by atoms with Crippen LogP contribution < -0.4 is 15.8 Å². The Morgan fingerprint density at radius 2 is 2.00 bits per heavy atom. The molecule has 0 fully saturated rings. The number of aliphatic imine (C=N–C) groups is 1. The number of alkyl halides is 3. The third-order valence-electron chi connectivity index (χ3n) is 2.38. The molecule has 0 atom stereocenters. The van der Waals surface area contributed by atoms with Crippen molar-refractivity contribution in [2.45, 2.75) is 12.9 Å². The molecule has 0 bridgehead atoms. The maximum absolute atomic E-state index is 12.0. The van der Waals surface area contributed by atoms with E-state index in [1.165, 1.54) is 24.3 Å². The molecular formula is C14H19F3IN3OS. The third kappa shape index (κ3) is 11.1. The number of nitrogens with one attached hydrogen (secondary N) is 1. The van der Waals surface area contributed by atoms with Gasteiger partial charge in [-0.05, 0) is 17.7 Å². The Kier molecular flexibility index (Phi) is 10.9. The quantitative estimate of drug-likeness (QED) is 0.205. The van der Waals surface area contributed by atoms with Crippen LogP contribution in [-0.2, 0) is 6.54 Å². The number of nitrogens with two attached hydrogens (primary N) is 1. The van der Waals surface area contributed by atoms with Gasteiger partial charge in [-0.15, -0.1) is 43.7 Å². The first-order valence-corrected chi connectivity index (χ1v) is 7.63. The highest BCUT2D eigenvalue weighted by Crippen LogP contribution is 2.22. The Labute approximate surface area is 154 Å². The summed E-state index contributed by atoms with van der Waals surface area (Å²) in [5.41, 5.74) is 6.42. The van der Waals surface area contributed by atoms with Crippen molar-refractivity contribution < 1.29 is 17.9 Å². The molecule has 1 rings (SSSR count). The van der Waals surface area contributed by atoms with Crippen LogP contribution >= 0.6 is 35.7 Å². The van der Waals surface area contributed by atoms with Gasteiger partial charge in [-0.3, -0.25) is 0 Å². The Morgan fingerprint density at radius 1 is 1.35 bits per heavy atom. The number of hydrogen-bond acceptors (Lipinski definition) is 3. The minimum Gasteiger partial charge on any atom is -0.406 e. The molecule has 0 aliphatic rings. The zero-order valence-corrected chi connectivity index (χ0v) is 15.5. The lowest BCUT2D eigenvalue weighted by Gasteiger charge is -2.09. The molecule has 130 valence electrons. The fraction of sp³-hybridized carbons (Fsp3) is 0.357. The van der Waals surface area contributed by atoms with E-state index < -0.39 is 6.36 Å². The van der Waals surface area contributed by atoms with Crippen LogP contribution in [0.4, 0.5) is 13.2 Å². The number of nitrogens with zero attached hydrogens (tertiary/aromatic N) is 1. The van der Waals surface area contributed by atoms with E-state index >= 15 is 0 Å². The zero-order chi connectivity index (χ0) is 16.4. The molecule has 0 aliphatic heterocycles. The zero-order valence-electron chi connectivity index (χ0n) is 12.3. The van der Waals surface area contributed by atoms with Gasteiger partial charge in [0, 0.05) is 18.1 Å². The highest BCUT2D eigenvalue weighted by atomic mass is 127. The number of halogens is 4. The minimum atomic E-state index is -4.68. The molecule has 9 heteroatoms. The predicted molar refractivity (Wildman–Crippen MR) is 99.4 cm³/mol. The molecule has 1 aromatic carbocycles. The number of guanidine groups is 1. The van der Waals surface area contributed by atoms with Crippen LogP contribution in [0.2, 0.25) is 0 Å². The standard InChI is InChI=1S/C14H18F3N3OS.HI/c1-2-8-22-9-7-19-13(18)20-10-11-3-5-12(6-4-11)21-14(15,16)17;/h2-6H,1,7-10H2,(H3,18,19,20);1H. The average molecular weight is 461 g/mol. The summed E-state index contributed by atoms with van der Waals surface area (Å²) in [6.07, 6.45) is -2.86. The predicted octanol–water partition coefficient (Wildman–Crippen LogP) is 3.53. The van der Waals surface area contributed by atoms with E-state index in [9.17, 15) is 13.2 Å². The molecule has 0 spiro atoms. The van der Waals surface area contributed by atoms with E-state index in [2.05, 4.69) is 21.6 Å². The van der Waals surface area contributed by atoms with Crippen LogP contribution in [0.5, 0.6) is 5.75 Å². The van der Waals surface area contributed by atoms with E-state index in [1.54, 1.807) is 11.8 Å². The summed E-state index contributed by atoms with van der Waals surface area (Å²) in [5, 5.41) is 2.95. The van der Waals surface area contributed by atoms with Gasteiger partial charge in [0.15, 0.2) is 5.96 Å². The normalized spacial score (nSPS) is 11.5. The van der Waals surface area contributed by atoms with Crippen LogP contribution in [0.25, 0.3) is 0 Å². The van der Waals surface area contributed by atoms with Crippen LogP contribution in [-0.4, -0.2) is 30.4 Å². The van der Waals surface area contributed by atoms with Gasteiger partial charge < -0.3 is 15.8 Å². The van der Waals surface area contributed by atoms with Crippen molar-refractivity contribution in [2.24, 2.45) is 10.7 Å². The summed E-state index contributed by atoms with van der Waals surface area (Å²) in [6.45, 7) is 4.59. The first kappa shape index (κ1) is 21.9. The van der Waals surface area contributed by atoms with E-state index in [0.29, 0.717) is 12.5 Å². The summed E-state index contributed by atoms with van der Waals surface area (Å²) in [5.74, 6) is 1.80. The summed E-state index contributed by atoms with van der Waals surface area (Å²) in [6, 6.07) is 5.51. The smallest absolute Gasteiger partial charge is 0.406 e. The molecule has 0 radical (unpaired) electrons. The maximum atomic E-state index is 12.0. The molecule has 1 aromatic rings. The molecule has 0 heterocycles. The first-order valence-electron chi connectivity index (χ1n) is 6.48. The molecule has 0 unspecified atom stereocenters. The van der Waals surface area contributed by atoms with Gasteiger partial charge >= 0.3 is 6.36 Å². The van der Waals surface area contributed by atoms with Gasteiger partial charge in [0.25, 0.3) is 0 Å². The number of thioether (sulfide) groups is 1. The van der Waals surface area contributed by atoms with Crippen LogP contribution in [0.1, 0.15) is 5.56 Å². The second kappa shape index (κ2) is 11.4. The summed E-state index contributed by atoms with van der Waals surface area (Å²) in [4.78, 5) is 4.11. The van der Waals surface area contributed by atoms with Crippen molar-refractivity contribution in [3.63, 3.8) is 0 Å². The average Bonchev–Trinajstić information content (AvgIpc) is 2.45. The molecule has 4 nitrogen and oxygen atoms in total. The monoisotopic (exact) mass is 461 g/mol. The topological polar surface area (TPSA) is 59.6 Å². The van der Waals surface area contributed by atoms with Crippen LogP contribution in [0.15, 0.2) is 41.9 Å². The van der Waals surface area contributed by atoms with Gasteiger partial charge in [-0.1, -0.05) is 18.2 Å². The Bertz CT molecular complexity index is 495. The van der Waals surface area contributed by atoms with Crippen molar-refractivity contribution in [3.05, 3.63) is 42.5 Å². The molecule has 3 N–H and O–H groups in total. The Morgan fingerprint density at radius 3 is 2.57 bits per heavy atom. The van der Waals surface area contributed by atoms with E-state index in [-0.39, 0.29) is 36.3 Å². The van der Waals surface area contributed by atoms with E-state index in [0.717, 1.165) is 17.1 Å². The minimum absolute atomic E-state index is 0. The second-order valence-electron chi connectivity index (χ2n) is 4.18. The highest BCUT2D eigenvalue weighted by molar-refractivity contribution is 14.0. The first-order chi connectivity index (χ1) is 10.4. The number of ether oxygens (including phenoxy) is 1. The van der Waals surface area contributed by atoms with E-state index in [4.69, 9.17) is 5.73 Å². The van der Waals surface area contributed by atoms with Crippen LogP contribution in [0.3, 0.4) is 0 Å². The second-order valence-corrected chi connectivity index (χ2v) is 5.33. The number of rotatable bonds is 8.